The van der Waals surface area contributed by atoms with Gasteiger partial charge in [0.1, 0.15) is 5.78 Å². The maximum Gasteiger partial charge on any atom is 0.313 e. The highest BCUT2D eigenvalue weighted by atomic mass is 19.2. The first-order valence-corrected chi connectivity index (χ1v) is 11.9. The predicted molar refractivity (Wildman–Crippen MR) is 124 cm³/mol. The van der Waals surface area contributed by atoms with E-state index in [2.05, 4.69) is 10.1 Å². The quantitative estimate of drug-likeness (QED) is 0.0687. The van der Waals surface area contributed by atoms with Gasteiger partial charge >= 0.3 is 5.97 Å². The second kappa shape index (κ2) is 21.3. The average molecular weight is 560 g/mol. The van der Waals surface area contributed by atoms with Crippen LogP contribution in [0.2, 0.25) is 0 Å². The van der Waals surface area contributed by atoms with E-state index in [1.807, 2.05) is 13.8 Å². The van der Waals surface area contributed by atoms with E-state index in [0.717, 1.165) is 0 Å². The van der Waals surface area contributed by atoms with E-state index in [9.17, 15) is 36.3 Å². The summed E-state index contributed by atoms with van der Waals surface area (Å²) in [6.45, 7) is 7.04. The second-order valence-electron chi connectivity index (χ2n) is 7.12. The fraction of sp³-hybridized carbons (Fsp3) is 0.625. The summed E-state index contributed by atoms with van der Waals surface area (Å²) in [5.74, 6) is -14.5. The van der Waals surface area contributed by atoms with Gasteiger partial charge in [-0.25, -0.2) is 13.2 Å². The summed E-state index contributed by atoms with van der Waals surface area (Å²) in [6.07, 6.45) is -0.0776. The zero-order chi connectivity index (χ0) is 28.9. The number of carbonyl (C=O) groups is 3. The molecule has 0 saturated carbocycles. The molecule has 0 unspecified atom stereocenters. The molecule has 0 atom stereocenters. The van der Waals surface area contributed by atoms with Gasteiger partial charge in [0, 0.05) is 19.4 Å². The number of esters is 1. The lowest BCUT2D eigenvalue weighted by Crippen LogP contribution is -2.28. The fourth-order valence-corrected chi connectivity index (χ4v) is 2.37. The maximum absolute atomic E-state index is 13.5. The molecule has 0 aliphatic carbocycles. The predicted octanol–water partition coefficient (Wildman–Crippen LogP) is 3.26. The summed E-state index contributed by atoms with van der Waals surface area (Å²) in [7, 11) is 0. The third-order valence-electron chi connectivity index (χ3n) is 4.22. The van der Waals surface area contributed by atoms with Gasteiger partial charge in [-0.15, -0.1) is 0 Å². The fourth-order valence-electron chi connectivity index (χ4n) is 2.37. The van der Waals surface area contributed by atoms with Gasteiger partial charge in [-0.2, -0.15) is 8.78 Å². The van der Waals surface area contributed by atoms with Crippen LogP contribution in [0.15, 0.2) is 0 Å². The van der Waals surface area contributed by atoms with Gasteiger partial charge in [-0.05, 0) is 6.92 Å². The van der Waals surface area contributed by atoms with Gasteiger partial charge < -0.3 is 29.0 Å². The maximum atomic E-state index is 13.5. The van der Waals surface area contributed by atoms with Crippen molar-refractivity contribution in [3.63, 3.8) is 0 Å². The van der Waals surface area contributed by atoms with Crippen molar-refractivity contribution in [2.24, 2.45) is 0 Å². The smallest absolute Gasteiger partial charge is 0.313 e. The minimum Gasteiger partial charge on any atom is -0.420 e. The van der Waals surface area contributed by atoms with Crippen molar-refractivity contribution in [1.29, 1.82) is 0 Å². The lowest BCUT2D eigenvalue weighted by atomic mass is 10.2. The Hall–Kier alpha value is -2.68. The van der Waals surface area contributed by atoms with E-state index in [1.165, 1.54) is 6.92 Å². The summed E-state index contributed by atoms with van der Waals surface area (Å²) < 4.78 is 90.9. The third kappa shape index (κ3) is 14.9. The highest BCUT2D eigenvalue weighted by molar-refractivity contribution is 5.76. The average Bonchev–Trinajstić information content (AvgIpc) is 2.90. The van der Waals surface area contributed by atoms with Crippen LogP contribution >= 0.6 is 0 Å². The van der Waals surface area contributed by atoms with Crippen LogP contribution in [0.25, 0.3) is 0 Å². The number of ketones is 1. The molecular weight excluding hydrogens is 525 g/mol. The van der Waals surface area contributed by atoms with E-state index in [0.29, 0.717) is 39.4 Å². The largest absolute Gasteiger partial charge is 0.420 e. The number of Topliss-reactive ketones (excluding diaryl/α,β-unsaturated/α-hetero) is 1. The van der Waals surface area contributed by atoms with Gasteiger partial charge in [-0.3, -0.25) is 14.4 Å². The number of amides is 1. The zero-order valence-corrected chi connectivity index (χ0v) is 21.6. The number of carbonyl (C=O) groups excluding carboxylic acids is 3. The molecule has 0 bridgehead atoms. The highest BCUT2D eigenvalue weighted by Crippen LogP contribution is 2.29. The number of ether oxygens (including phenoxy) is 5. The van der Waals surface area contributed by atoms with E-state index in [-0.39, 0.29) is 44.5 Å². The molecular formula is C24H34F5NO8. The topological polar surface area (TPSA) is 109 Å². The Morgan fingerprint density at radius 1 is 0.605 bits per heavy atom. The summed E-state index contributed by atoms with van der Waals surface area (Å²) >= 11 is 0. The molecule has 0 saturated heterocycles. The highest BCUT2D eigenvalue weighted by Gasteiger charge is 2.28. The number of rotatable bonds is 19. The Kier molecular flexibility index (Phi) is 19.8. The van der Waals surface area contributed by atoms with Gasteiger partial charge in [-0.1, -0.05) is 13.8 Å². The van der Waals surface area contributed by atoms with Crippen molar-refractivity contribution in [3.8, 4) is 5.75 Å². The van der Waals surface area contributed by atoms with Crippen LogP contribution in [-0.2, 0) is 33.3 Å². The minimum absolute atomic E-state index is 0.0136. The number of hydrogen-bond donors (Lipinski definition) is 1. The van der Waals surface area contributed by atoms with E-state index in [4.69, 9.17) is 18.9 Å². The van der Waals surface area contributed by atoms with Crippen molar-refractivity contribution in [2.45, 2.75) is 40.0 Å². The number of benzene rings is 1. The zero-order valence-electron chi connectivity index (χ0n) is 21.6. The number of hydrogen-bond acceptors (Lipinski definition) is 8. The van der Waals surface area contributed by atoms with Crippen LogP contribution in [0.5, 0.6) is 5.75 Å². The van der Waals surface area contributed by atoms with Crippen molar-refractivity contribution in [1.82, 2.24) is 5.32 Å². The Bertz CT molecular complexity index is 844. The monoisotopic (exact) mass is 559 g/mol. The first-order valence-electron chi connectivity index (χ1n) is 11.9. The molecule has 0 spiro atoms. The molecule has 38 heavy (non-hydrogen) atoms. The van der Waals surface area contributed by atoms with Crippen molar-refractivity contribution >= 4 is 17.7 Å². The molecule has 14 heteroatoms. The molecule has 0 fully saturated rings. The first kappa shape index (κ1) is 35.3. The standard InChI is InChI=1S/C22H28F5NO8.C2H6/c1-14(29)2-6-32-12-13-35-9-5-28-15(30)3-7-33-10-11-34-8-4-16(31)36-22-20(26)18(24)17(23)19(25)21(22)27;1-2/h2-13H2,1H3,(H,28,30);1-2H3. The van der Waals surface area contributed by atoms with Crippen LogP contribution in [0.1, 0.15) is 40.0 Å². The third-order valence-corrected chi connectivity index (χ3v) is 4.22. The van der Waals surface area contributed by atoms with Gasteiger partial charge in [0.15, 0.2) is 0 Å². The molecule has 0 radical (unpaired) electrons. The van der Waals surface area contributed by atoms with Crippen LogP contribution in [0, 0.1) is 29.1 Å². The van der Waals surface area contributed by atoms with Crippen molar-refractivity contribution in [3.05, 3.63) is 29.1 Å². The first-order chi connectivity index (χ1) is 18.1. The van der Waals surface area contributed by atoms with E-state index in [1.54, 1.807) is 0 Å². The molecule has 218 valence electrons. The summed E-state index contributed by atoms with van der Waals surface area (Å²) in [4.78, 5) is 33.9. The molecule has 1 N–H and O–H groups in total. The van der Waals surface area contributed by atoms with Gasteiger partial charge in [0.05, 0.1) is 59.3 Å². The van der Waals surface area contributed by atoms with Crippen molar-refractivity contribution < 1.29 is 60.0 Å². The second-order valence-corrected chi connectivity index (χ2v) is 7.12. The molecule has 0 heterocycles. The molecule has 1 aromatic rings. The normalized spacial score (nSPS) is 10.5. The Labute approximate surface area is 217 Å². The number of nitrogens with one attached hydrogen (secondary N) is 1. The lowest BCUT2D eigenvalue weighted by Gasteiger charge is -2.09. The Morgan fingerprint density at radius 3 is 1.53 bits per heavy atom. The number of halogens is 5. The van der Waals surface area contributed by atoms with Crippen LogP contribution in [0.4, 0.5) is 22.0 Å². The summed E-state index contributed by atoms with van der Waals surface area (Å²) in [5.41, 5.74) is 0. The molecule has 0 aromatic heterocycles. The summed E-state index contributed by atoms with van der Waals surface area (Å²) in [6, 6.07) is 0. The van der Waals surface area contributed by atoms with Gasteiger partial charge in [0.25, 0.3) is 0 Å². The Balaban J connectivity index is 0.00000667. The Morgan fingerprint density at radius 2 is 1.03 bits per heavy atom. The molecule has 1 amide bonds. The van der Waals surface area contributed by atoms with Gasteiger partial charge in [0.2, 0.25) is 40.7 Å². The molecule has 1 aromatic carbocycles. The van der Waals surface area contributed by atoms with Crippen LogP contribution < -0.4 is 10.1 Å². The molecule has 1 rings (SSSR count). The van der Waals surface area contributed by atoms with Crippen molar-refractivity contribution in [2.75, 3.05) is 59.4 Å². The van der Waals surface area contributed by atoms with E-state index < -0.39 is 47.2 Å². The van der Waals surface area contributed by atoms with Crippen LogP contribution in [-0.4, -0.2) is 77.1 Å². The SMILES string of the molecule is CC.CC(=O)CCOCCOCCNC(=O)CCOCCOCCC(=O)Oc1c(F)c(F)c(F)c(F)c1F. The minimum atomic E-state index is -2.36. The van der Waals surface area contributed by atoms with E-state index >= 15 is 0 Å². The molecule has 0 aliphatic heterocycles. The summed E-state index contributed by atoms with van der Waals surface area (Å²) in [5, 5.41) is 2.63. The lowest BCUT2D eigenvalue weighted by molar-refractivity contribution is -0.136. The molecule has 0 aliphatic rings. The molecule has 9 nitrogen and oxygen atoms in total. The van der Waals surface area contributed by atoms with Crippen LogP contribution in [0.3, 0.4) is 0 Å².